The number of fused-ring (bicyclic) bond motifs is 3. The molecule has 5 rings (SSSR count). The van der Waals surface area contributed by atoms with Crippen LogP contribution < -0.4 is 0 Å². The van der Waals surface area contributed by atoms with Crippen LogP contribution in [0.15, 0.2) is 97.6 Å². The molecular formula is C27H21N. The number of rotatable bonds is 3. The van der Waals surface area contributed by atoms with Crippen molar-refractivity contribution in [3.8, 4) is 16.8 Å². The van der Waals surface area contributed by atoms with E-state index in [4.69, 9.17) is 0 Å². The summed E-state index contributed by atoms with van der Waals surface area (Å²) in [4.78, 5) is 0. The molecule has 0 amide bonds. The third-order valence-corrected chi connectivity index (χ3v) is 5.41. The molecule has 0 unspecified atom stereocenters. The van der Waals surface area contributed by atoms with Crippen LogP contribution in [0.4, 0.5) is 0 Å². The van der Waals surface area contributed by atoms with Crippen LogP contribution in [0.25, 0.3) is 44.7 Å². The monoisotopic (exact) mass is 359 g/mol. The van der Waals surface area contributed by atoms with Crippen LogP contribution in [0.5, 0.6) is 0 Å². The third-order valence-electron chi connectivity index (χ3n) is 5.41. The smallest absolute Gasteiger partial charge is 0.0541 e. The molecule has 0 saturated heterocycles. The summed E-state index contributed by atoms with van der Waals surface area (Å²) in [5.74, 6) is 0. The Morgan fingerprint density at radius 1 is 0.679 bits per heavy atom. The lowest BCUT2D eigenvalue weighted by atomic mass is 10.0. The largest absolute Gasteiger partial charge is 0.309 e. The molecule has 0 radical (unpaired) electrons. The highest BCUT2D eigenvalue weighted by Crippen LogP contribution is 2.35. The van der Waals surface area contributed by atoms with E-state index in [-0.39, 0.29) is 0 Å². The fourth-order valence-corrected chi connectivity index (χ4v) is 3.98. The Balaban J connectivity index is 1.80. The number of benzene rings is 4. The second kappa shape index (κ2) is 6.54. The molecule has 0 fully saturated rings. The van der Waals surface area contributed by atoms with E-state index in [0.29, 0.717) is 0 Å². The highest BCUT2D eigenvalue weighted by atomic mass is 15.0. The third kappa shape index (κ3) is 2.64. The zero-order valence-corrected chi connectivity index (χ0v) is 15.9. The fourth-order valence-electron chi connectivity index (χ4n) is 3.98. The Hall–Kier alpha value is -3.58. The quantitative estimate of drug-likeness (QED) is 0.316. The number of para-hydroxylation sites is 1. The Kier molecular flexibility index (Phi) is 3.87. The van der Waals surface area contributed by atoms with Gasteiger partial charge in [-0.15, -0.1) is 0 Å². The molecule has 1 aromatic heterocycles. The van der Waals surface area contributed by atoms with Crippen LogP contribution in [-0.4, -0.2) is 4.57 Å². The summed E-state index contributed by atoms with van der Waals surface area (Å²) in [6.45, 7) is 6.00. The molecular weight excluding hydrogens is 338 g/mol. The molecule has 0 saturated carbocycles. The van der Waals surface area contributed by atoms with Crippen molar-refractivity contribution in [3.05, 3.63) is 109 Å². The molecule has 1 heteroatoms. The van der Waals surface area contributed by atoms with Gasteiger partial charge in [0.15, 0.2) is 0 Å². The van der Waals surface area contributed by atoms with Crippen LogP contribution in [-0.2, 0) is 0 Å². The van der Waals surface area contributed by atoms with Gasteiger partial charge in [-0.25, -0.2) is 0 Å². The Morgan fingerprint density at radius 3 is 2.04 bits per heavy atom. The maximum absolute atomic E-state index is 3.85. The van der Waals surface area contributed by atoms with E-state index < -0.39 is 0 Å². The van der Waals surface area contributed by atoms with E-state index in [9.17, 15) is 0 Å². The lowest BCUT2D eigenvalue weighted by Crippen LogP contribution is -1.93. The molecule has 0 aliphatic heterocycles. The van der Waals surface area contributed by atoms with Crippen molar-refractivity contribution < 1.29 is 0 Å². The zero-order chi connectivity index (χ0) is 19.1. The minimum absolute atomic E-state index is 1.14. The maximum atomic E-state index is 3.85. The molecule has 1 heterocycles. The number of hydrogen-bond donors (Lipinski definition) is 0. The molecule has 0 aliphatic rings. The van der Waals surface area contributed by atoms with Gasteiger partial charge in [-0.05, 0) is 60.0 Å². The average molecular weight is 359 g/mol. The summed E-state index contributed by atoms with van der Waals surface area (Å²) in [7, 11) is 0. The zero-order valence-electron chi connectivity index (χ0n) is 15.9. The Labute approximate surface area is 165 Å². The summed E-state index contributed by atoms with van der Waals surface area (Å²) >= 11 is 0. The minimum Gasteiger partial charge on any atom is -0.309 e. The fraction of sp³-hybridized carbons (Fsp3) is 0.0370. The first-order valence-corrected chi connectivity index (χ1v) is 9.58. The van der Waals surface area contributed by atoms with Crippen molar-refractivity contribution in [1.82, 2.24) is 4.57 Å². The lowest BCUT2D eigenvalue weighted by Gasteiger charge is -2.08. The van der Waals surface area contributed by atoms with E-state index in [2.05, 4.69) is 109 Å². The molecule has 0 spiro atoms. The van der Waals surface area contributed by atoms with E-state index in [0.717, 1.165) is 5.56 Å². The molecule has 5 aromatic rings. The average Bonchev–Trinajstić information content (AvgIpc) is 3.07. The maximum Gasteiger partial charge on any atom is 0.0541 e. The number of aromatic nitrogens is 1. The predicted octanol–water partition coefficient (Wildman–Crippen LogP) is 7.40. The van der Waals surface area contributed by atoms with E-state index in [1.165, 1.54) is 44.2 Å². The topological polar surface area (TPSA) is 4.93 Å². The van der Waals surface area contributed by atoms with Crippen molar-refractivity contribution in [2.24, 2.45) is 0 Å². The van der Waals surface area contributed by atoms with Crippen LogP contribution in [0.2, 0.25) is 0 Å². The molecule has 28 heavy (non-hydrogen) atoms. The van der Waals surface area contributed by atoms with Gasteiger partial charge in [-0.1, -0.05) is 72.8 Å². The van der Waals surface area contributed by atoms with Crippen LogP contribution >= 0.6 is 0 Å². The predicted molar refractivity (Wildman–Crippen MR) is 121 cm³/mol. The standard InChI is InChI=1S/C27H21N/c1-3-20-10-12-21(13-11-20)22-14-16-27-25(18-22)24-17-19(2)9-15-26(24)28(27)23-7-5-4-6-8-23/h3-18H,1H2,2H3. The Bertz CT molecular complexity index is 1310. The number of nitrogens with zero attached hydrogens (tertiary/aromatic N) is 1. The summed E-state index contributed by atoms with van der Waals surface area (Å²) in [5, 5.41) is 2.58. The second-order valence-electron chi connectivity index (χ2n) is 7.25. The van der Waals surface area contributed by atoms with Gasteiger partial charge in [0, 0.05) is 16.5 Å². The van der Waals surface area contributed by atoms with Crippen molar-refractivity contribution in [3.63, 3.8) is 0 Å². The highest BCUT2D eigenvalue weighted by Gasteiger charge is 2.13. The summed E-state index contributed by atoms with van der Waals surface area (Å²) in [6, 6.07) is 32.6. The van der Waals surface area contributed by atoms with E-state index >= 15 is 0 Å². The van der Waals surface area contributed by atoms with Gasteiger partial charge in [0.2, 0.25) is 0 Å². The molecule has 0 bridgehead atoms. The second-order valence-corrected chi connectivity index (χ2v) is 7.25. The number of hydrogen-bond acceptors (Lipinski definition) is 0. The lowest BCUT2D eigenvalue weighted by molar-refractivity contribution is 1.18. The first-order valence-electron chi connectivity index (χ1n) is 9.58. The highest BCUT2D eigenvalue weighted by molar-refractivity contribution is 6.10. The first kappa shape index (κ1) is 16.6. The molecule has 0 N–H and O–H groups in total. The van der Waals surface area contributed by atoms with Crippen molar-refractivity contribution >= 4 is 27.9 Å². The SMILES string of the molecule is C=Cc1ccc(-c2ccc3c(c2)c2cc(C)ccc2n3-c2ccccc2)cc1. The molecule has 134 valence electrons. The summed E-state index contributed by atoms with van der Waals surface area (Å²) < 4.78 is 2.36. The van der Waals surface area contributed by atoms with Gasteiger partial charge in [-0.2, -0.15) is 0 Å². The normalized spacial score (nSPS) is 11.2. The van der Waals surface area contributed by atoms with Crippen molar-refractivity contribution in [1.29, 1.82) is 0 Å². The first-order chi connectivity index (χ1) is 13.7. The Morgan fingerprint density at radius 2 is 1.32 bits per heavy atom. The van der Waals surface area contributed by atoms with Gasteiger partial charge in [-0.3, -0.25) is 0 Å². The van der Waals surface area contributed by atoms with Gasteiger partial charge in [0.1, 0.15) is 0 Å². The van der Waals surface area contributed by atoms with Crippen LogP contribution in [0.1, 0.15) is 11.1 Å². The minimum atomic E-state index is 1.14. The van der Waals surface area contributed by atoms with Crippen LogP contribution in [0, 0.1) is 6.92 Å². The molecule has 0 atom stereocenters. The summed E-state index contributed by atoms with van der Waals surface area (Å²) in [5.41, 5.74) is 8.54. The molecule has 0 aliphatic carbocycles. The van der Waals surface area contributed by atoms with E-state index in [1.54, 1.807) is 0 Å². The van der Waals surface area contributed by atoms with E-state index in [1.807, 2.05) is 6.08 Å². The van der Waals surface area contributed by atoms with Gasteiger partial charge in [0.25, 0.3) is 0 Å². The summed E-state index contributed by atoms with van der Waals surface area (Å²) in [6.07, 6.45) is 1.88. The number of aryl methyl sites for hydroxylation is 1. The molecule has 1 nitrogen and oxygen atoms in total. The van der Waals surface area contributed by atoms with Gasteiger partial charge >= 0.3 is 0 Å². The van der Waals surface area contributed by atoms with Crippen molar-refractivity contribution in [2.75, 3.05) is 0 Å². The van der Waals surface area contributed by atoms with Gasteiger partial charge < -0.3 is 4.57 Å². The van der Waals surface area contributed by atoms with Crippen LogP contribution in [0.3, 0.4) is 0 Å². The molecule has 4 aromatic carbocycles. The van der Waals surface area contributed by atoms with Crippen molar-refractivity contribution in [2.45, 2.75) is 6.92 Å². The van der Waals surface area contributed by atoms with Gasteiger partial charge in [0.05, 0.1) is 11.0 Å².